The molecule has 0 bridgehead atoms. The third-order valence-electron chi connectivity index (χ3n) is 7.79. The zero-order valence-corrected chi connectivity index (χ0v) is 21.8. The summed E-state index contributed by atoms with van der Waals surface area (Å²) in [6.45, 7) is 3.59. The van der Waals surface area contributed by atoms with Crippen LogP contribution in [0.25, 0.3) is 32.9 Å². The molecule has 4 aromatic rings. The second kappa shape index (κ2) is 9.88. The summed E-state index contributed by atoms with van der Waals surface area (Å²) in [4.78, 5) is 27.3. The molecule has 2 aliphatic rings. The first kappa shape index (κ1) is 25.2. The lowest BCUT2D eigenvalue weighted by atomic mass is 9.94. The fraction of sp³-hybridized carbons (Fsp3) is 0.355. The first-order chi connectivity index (χ1) is 18.9. The van der Waals surface area contributed by atoms with Gasteiger partial charge in [-0.25, -0.2) is 8.78 Å². The first-order valence-electron chi connectivity index (χ1n) is 13.3. The predicted octanol–water partition coefficient (Wildman–Crippen LogP) is 6.15. The van der Waals surface area contributed by atoms with Crippen LogP contribution in [0.4, 0.5) is 14.6 Å². The second-order valence-electron chi connectivity index (χ2n) is 10.7. The van der Waals surface area contributed by atoms with Gasteiger partial charge in [-0.05, 0) is 55.7 Å². The van der Waals surface area contributed by atoms with Crippen molar-refractivity contribution in [3.05, 3.63) is 53.2 Å². The Bertz CT molecular complexity index is 1650. The summed E-state index contributed by atoms with van der Waals surface area (Å²) in [6, 6.07) is 6.61. The van der Waals surface area contributed by atoms with Crippen molar-refractivity contribution >= 4 is 33.8 Å². The van der Waals surface area contributed by atoms with Gasteiger partial charge in [0.25, 0.3) is 0 Å². The van der Waals surface area contributed by atoms with Crippen molar-refractivity contribution < 1.29 is 18.3 Å². The van der Waals surface area contributed by atoms with Gasteiger partial charge in [0.05, 0.1) is 16.4 Å². The molecular formula is C31H28F2N4O2. The highest BCUT2D eigenvalue weighted by Crippen LogP contribution is 2.44. The van der Waals surface area contributed by atoms with Crippen LogP contribution in [-0.2, 0) is 4.79 Å². The van der Waals surface area contributed by atoms with Gasteiger partial charge in [-0.3, -0.25) is 4.98 Å². The molecule has 1 aliphatic carbocycles. The second-order valence-corrected chi connectivity index (χ2v) is 10.7. The fourth-order valence-electron chi connectivity index (χ4n) is 5.38. The number of rotatable bonds is 6. The largest absolute Gasteiger partial charge is 0.462 e. The molecule has 1 saturated heterocycles. The van der Waals surface area contributed by atoms with Crippen LogP contribution < -0.4 is 9.64 Å². The van der Waals surface area contributed by atoms with E-state index < -0.39 is 17.0 Å². The van der Waals surface area contributed by atoms with Gasteiger partial charge in [0.15, 0.2) is 5.82 Å². The Balaban J connectivity index is 1.56. The topological polar surface area (TPSA) is 68.2 Å². The number of nitrogens with zero attached hydrogens (tertiary/aromatic N) is 4. The highest BCUT2D eigenvalue weighted by atomic mass is 19.1. The van der Waals surface area contributed by atoms with Gasteiger partial charge in [0, 0.05) is 30.2 Å². The summed E-state index contributed by atoms with van der Waals surface area (Å²) in [5, 5.41) is 1.59. The van der Waals surface area contributed by atoms with E-state index in [1.165, 1.54) is 6.07 Å². The molecule has 2 aromatic carbocycles. The molecule has 6 nitrogen and oxygen atoms in total. The average molecular weight is 527 g/mol. The Morgan fingerprint density at radius 1 is 1.13 bits per heavy atom. The summed E-state index contributed by atoms with van der Waals surface area (Å²) in [7, 11) is 0. The number of hydrogen-bond acceptors (Lipinski definition) is 6. The van der Waals surface area contributed by atoms with Gasteiger partial charge in [0.2, 0.25) is 0 Å². The van der Waals surface area contributed by atoms with Gasteiger partial charge in [-0.15, -0.1) is 6.42 Å². The van der Waals surface area contributed by atoms with Crippen molar-refractivity contribution in [3.8, 4) is 29.6 Å². The van der Waals surface area contributed by atoms with Crippen molar-refractivity contribution in [1.82, 2.24) is 15.0 Å². The van der Waals surface area contributed by atoms with E-state index in [1.807, 2.05) is 13.0 Å². The van der Waals surface area contributed by atoms with Crippen LogP contribution in [0.2, 0.25) is 0 Å². The number of carbonyl (C=O) groups is 1. The SMILES string of the molecule is C#Cc1c(F)ccc2cc(C)cc(-c3ncc4c(N5CCCCCC5)nc(OCC5(C=O)CC5)nc4c3F)c12. The van der Waals surface area contributed by atoms with Crippen LogP contribution in [0.15, 0.2) is 30.5 Å². The highest BCUT2D eigenvalue weighted by molar-refractivity contribution is 6.02. The monoisotopic (exact) mass is 526 g/mol. The minimum atomic E-state index is -0.661. The van der Waals surface area contributed by atoms with Crippen molar-refractivity contribution in [3.63, 3.8) is 0 Å². The summed E-state index contributed by atoms with van der Waals surface area (Å²) >= 11 is 0. The number of hydrogen-bond donors (Lipinski definition) is 0. The van der Waals surface area contributed by atoms with Gasteiger partial charge in [-0.1, -0.05) is 30.9 Å². The molecule has 6 rings (SSSR count). The fourth-order valence-corrected chi connectivity index (χ4v) is 5.38. The van der Waals surface area contributed by atoms with Crippen LogP contribution in [0.5, 0.6) is 6.01 Å². The smallest absolute Gasteiger partial charge is 0.319 e. The van der Waals surface area contributed by atoms with Gasteiger partial charge >= 0.3 is 6.01 Å². The molecule has 1 saturated carbocycles. The van der Waals surface area contributed by atoms with Gasteiger partial charge in [-0.2, -0.15) is 9.97 Å². The number of aldehydes is 1. The molecule has 39 heavy (non-hydrogen) atoms. The van der Waals surface area contributed by atoms with E-state index >= 15 is 4.39 Å². The number of benzene rings is 2. The minimum absolute atomic E-state index is 0.0235. The standard InChI is InChI=1S/C31H28F2N4O2/c1-3-21-24(32)9-8-20-14-19(2)15-22(25(20)21)27-26(33)28-23(16-34-27)29(37-12-6-4-5-7-13-37)36-30(35-28)39-18-31(17-38)10-11-31/h1,8-9,14-17H,4-7,10-13,18H2,2H3. The Labute approximate surface area is 225 Å². The Morgan fingerprint density at radius 3 is 2.59 bits per heavy atom. The minimum Gasteiger partial charge on any atom is -0.462 e. The van der Waals surface area contributed by atoms with Crippen LogP contribution in [-0.4, -0.2) is 40.9 Å². The van der Waals surface area contributed by atoms with Crippen molar-refractivity contribution in [1.29, 1.82) is 0 Å². The Kier molecular flexibility index (Phi) is 6.38. The van der Waals surface area contributed by atoms with Crippen LogP contribution >= 0.6 is 0 Å². The number of aromatic nitrogens is 3. The number of fused-ring (bicyclic) bond motifs is 2. The maximum Gasteiger partial charge on any atom is 0.319 e. The Hall–Kier alpha value is -4.12. The molecular weight excluding hydrogens is 498 g/mol. The van der Waals surface area contributed by atoms with Crippen LogP contribution in [0.1, 0.15) is 49.7 Å². The predicted molar refractivity (Wildman–Crippen MR) is 147 cm³/mol. The molecule has 0 unspecified atom stereocenters. The lowest BCUT2D eigenvalue weighted by Crippen LogP contribution is -2.26. The molecule has 0 amide bonds. The van der Waals surface area contributed by atoms with Gasteiger partial charge in [0.1, 0.15) is 35.7 Å². The van der Waals surface area contributed by atoms with E-state index in [-0.39, 0.29) is 29.4 Å². The van der Waals surface area contributed by atoms with Crippen molar-refractivity contribution in [2.45, 2.75) is 45.4 Å². The third-order valence-corrected chi connectivity index (χ3v) is 7.79. The number of halogens is 2. The quantitative estimate of drug-likeness (QED) is 0.222. The summed E-state index contributed by atoms with van der Waals surface area (Å²) < 4.78 is 37.1. The van der Waals surface area contributed by atoms with E-state index in [0.717, 1.165) is 63.5 Å². The van der Waals surface area contributed by atoms with Crippen LogP contribution in [0, 0.1) is 36.3 Å². The number of terminal acetylenes is 1. The number of pyridine rings is 1. The summed E-state index contributed by atoms with van der Waals surface area (Å²) in [5.41, 5.74) is 0.884. The zero-order chi connectivity index (χ0) is 27.1. The van der Waals surface area contributed by atoms with E-state index in [2.05, 4.69) is 25.8 Å². The zero-order valence-electron chi connectivity index (χ0n) is 21.8. The summed E-state index contributed by atoms with van der Waals surface area (Å²) in [5.74, 6) is 1.78. The molecule has 0 atom stereocenters. The third kappa shape index (κ3) is 4.56. The lowest BCUT2D eigenvalue weighted by molar-refractivity contribution is -0.113. The molecule has 8 heteroatoms. The molecule has 3 heterocycles. The van der Waals surface area contributed by atoms with Crippen molar-refractivity contribution in [2.75, 3.05) is 24.6 Å². The number of aryl methyl sites for hydroxylation is 1. The molecule has 0 N–H and O–H groups in total. The van der Waals surface area contributed by atoms with E-state index in [1.54, 1.807) is 18.3 Å². The first-order valence-corrected chi connectivity index (χ1v) is 13.3. The molecule has 0 radical (unpaired) electrons. The molecule has 0 spiro atoms. The number of carbonyl (C=O) groups excluding carboxylic acids is 1. The molecule has 1 aliphatic heterocycles. The van der Waals surface area contributed by atoms with E-state index in [9.17, 15) is 9.18 Å². The number of anilines is 1. The number of ether oxygens (including phenoxy) is 1. The maximum atomic E-state index is 16.5. The summed E-state index contributed by atoms with van der Waals surface area (Å²) in [6.07, 6.45) is 13.9. The molecule has 198 valence electrons. The maximum absolute atomic E-state index is 16.5. The average Bonchev–Trinajstić information content (AvgIpc) is 3.76. The molecule has 2 fully saturated rings. The Morgan fingerprint density at radius 2 is 1.90 bits per heavy atom. The normalized spacial score (nSPS) is 16.6. The molecule has 2 aromatic heterocycles. The van der Waals surface area contributed by atoms with E-state index in [4.69, 9.17) is 11.2 Å². The highest BCUT2D eigenvalue weighted by Gasteiger charge is 2.44. The van der Waals surface area contributed by atoms with E-state index in [0.29, 0.717) is 27.5 Å². The van der Waals surface area contributed by atoms with Gasteiger partial charge < -0.3 is 14.4 Å². The van der Waals surface area contributed by atoms with Crippen molar-refractivity contribution in [2.24, 2.45) is 5.41 Å². The van der Waals surface area contributed by atoms with Crippen LogP contribution in [0.3, 0.4) is 0 Å². The lowest BCUT2D eigenvalue weighted by Gasteiger charge is -2.23.